The van der Waals surface area contributed by atoms with Crippen molar-refractivity contribution in [3.8, 4) is 11.4 Å². The second-order valence-electron chi connectivity index (χ2n) is 7.56. The molecule has 154 valence electrons. The Morgan fingerprint density at radius 2 is 2.03 bits per heavy atom. The fraction of sp³-hybridized carbons (Fsp3) is 0.500. The van der Waals surface area contributed by atoms with Crippen molar-refractivity contribution in [2.24, 2.45) is 0 Å². The third-order valence-electron chi connectivity index (χ3n) is 5.20. The maximum absolute atomic E-state index is 14.3. The molecule has 1 aliphatic heterocycles. The van der Waals surface area contributed by atoms with E-state index in [1.54, 1.807) is 23.1 Å². The molecule has 29 heavy (non-hydrogen) atoms. The monoisotopic (exact) mass is 417 g/mol. The summed E-state index contributed by atoms with van der Waals surface area (Å²) in [6.45, 7) is 2.73. The number of hydrogen-bond acceptors (Lipinski definition) is 5. The quantitative estimate of drug-likeness (QED) is 0.731. The molecular formula is C20H24FN5O2S. The molecule has 1 N–H and O–H groups in total. The Hall–Kier alpha value is -2.42. The summed E-state index contributed by atoms with van der Waals surface area (Å²) < 4.78 is 16.2. The fourth-order valence-electron chi connectivity index (χ4n) is 3.69. The molecule has 4 rings (SSSR count). The highest BCUT2D eigenvalue weighted by atomic mass is 32.2. The molecule has 2 amide bonds. The van der Waals surface area contributed by atoms with Gasteiger partial charge in [-0.1, -0.05) is 23.9 Å². The zero-order valence-corrected chi connectivity index (χ0v) is 17.1. The van der Waals surface area contributed by atoms with Gasteiger partial charge in [0.15, 0.2) is 11.0 Å². The summed E-state index contributed by atoms with van der Waals surface area (Å²) in [5, 5.41) is 12.0. The summed E-state index contributed by atoms with van der Waals surface area (Å²) >= 11 is 1.34. The van der Waals surface area contributed by atoms with Crippen molar-refractivity contribution in [2.45, 2.75) is 49.8 Å². The van der Waals surface area contributed by atoms with Gasteiger partial charge >= 0.3 is 0 Å². The molecule has 9 heteroatoms. The lowest BCUT2D eigenvalue weighted by molar-refractivity contribution is -0.130. The maximum atomic E-state index is 14.3. The van der Waals surface area contributed by atoms with Crippen molar-refractivity contribution in [1.82, 2.24) is 25.0 Å². The van der Waals surface area contributed by atoms with Crippen LogP contribution in [0.1, 0.15) is 38.6 Å². The van der Waals surface area contributed by atoms with Gasteiger partial charge in [-0.2, -0.15) is 0 Å². The van der Waals surface area contributed by atoms with Crippen LogP contribution in [0.25, 0.3) is 11.4 Å². The summed E-state index contributed by atoms with van der Waals surface area (Å²) in [6.07, 6.45) is 3.77. The van der Waals surface area contributed by atoms with E-state index in [0.717, 1.165) is 25.7 Å². The van der Waals surface area contributed by atoms with Gasteiger partial charge < -0.3 is 10.2 Å². The first kappa shape index (κ1) is 19.9. The topological polar surface area (TPSA) is 80.1 Å². The van der Waals surface area contributed by atoms with E-state index in [0.29, 0.717) is 29.6 Å². The second-order valence-corrected chi connectivity index (χ2v) is 8.50. The summed E-state index contributed by atoms with van der Waals surface area (Å²) in [5.74, 6) is 0.380. The molecule has 1 aromatic carbocycles. The van der Waals surface area contributed by atoms with E-state index in [1.807, 2.05) is 4.57 Å². The van der Waals surface area contributed by atoms with Crippen LogP contribution in [0.15, 0.2) is 29.4 Å². The lowest BCUT2D eigenvalue weighted by atomic mass is 10.1. The van der Waals surface area contributed by atoms with Crippen molar-refractivity contribution in [3.63, 3.8) is 0 Å². The summed E-state index contributed by atoms with van der Waals surface area (Å²) in [6, 6.07) is 6.82. The van der Waals surface area contributed by atoms with E-state index >= 15 is 0 Å². The van der Waals surface area contributed by atoms with Gasteiger partial charge in [-0.15, -0.1) is 10.2 Å². The van der Waals surface area contributed by atoms with Gasteiger partial charge in [0.25, 0.3) is 0 Å². The molecular weight excluding hydrogens is 393 g/mol. The standard InChI is InChI=1S/C20H24FN5O2S/c1-13(27)22-14-5-4-10-25(11-14)18(28)12-29-20-24-23-19(26(20)15-8-9-15)16-6-2-3-7-17(16)21/h2-3,6-7,14-15H,4-5,8-12H2,1H3,(H,22,27). The summed E-state index contributed by atoms with van der Waals surface area (Å²) in [7, 11) is 0. The Balaban J connectivity index is 1.44. The molecule has 2 heterocycles. The van der Waals surface area contributed by atoms with Crippen molar-refractivity contribution < 1.29 is 14.0 Å². The van der Waals surface area contributed by atoms with E-state index in [4.69, 9.17) is 0 Å². The minimum atomic E-state index is -0.327. The number of piperidine rings is 1. The number of aromatic nitrogens is 3. The number of nitrogens with one attached hydrogen (secondary N) is 1. The third kappa shape index (κ3) is 4.60. The number of nitrogens with zero attached hydrogens (tertiary/aromatic N) is 4. The Morgan fingerprint density at radius 3 is 2.76 bits per heavy atom. The van der Waals surface area contributed by atoms with E-state index in [2.05, 4.69) is 15.5 Å². The van der Waals surface area contributed by atoms with E-state index < -0.39 is 0 Å². The molecule has 1 aromatic heterocycles. The molecule has 0 radical (unpaired) electrons. The molecule has 1 saturated carbocycles. The first-order valence-corrected chi connectivity index (χ1v) is 10.9. The highest BCUT2D eigenvalue weighted by Gasteiger charge is 2.31. The number of benzene rings is 1. The highest BCUT2D eigenvalue weighted by molar-refractivity contribution is 7.99. The molecule has 7 nitrogen and oxygen atoms in total. The lowest BCUT2D eigenvalue weighted by Gasteiger charge is -2.33. The molecule has 1 saturated heterocycles. The lowest BCUT2D eigenvalue weighted by Crippen LogP contribution is -2.49. The maximum Gasteiger partial charge on any atom is 0.233 e. The molecule has 2 aromatic rings. The van der Waals surface area contributed by atoms with Gasteiger partial charge in [0.05, 0.1) is 11.3 Å². The van der Waals surface area contributed by atoms with Crippen LogP contribution in [-0.4, -0.2) is 56.4 Å². The molecule has 2 aliphatic rings. The number of likely N-dealkylation sites (tertiary alicyclic amines) is 1. The number of carbonyl (C=O) groups is 2. The number of amides is 2. The van der Waals surface area contributed by atoms with Crippen LogP contribution in [0.5, 0.6) is 0 Å². The van der Waals surface area contributed by atoms with Gasteiger partial charge in [-0.25, -0.2) is 4.39 Å². The molecule has 0 spiro atoms. The number of rotatable bonds is 6. The largest absolute Gasteiger partial charge is 0.352 e. The first-order valence-electron chi connectivity index (χ1n) is 9.90. The van der Waals surface area contributed by atoms with Crippen LogP contribution in [0.2, 0.25) is 0 Å². The summed E-state index contributed by atoms with van der Waals surface area (Å²) in [4.78, 5) is 25.8. The average molecular weight is 418 g/mol. The second kappa shape index (κ2) is 8.52. The van der Waals surface area contributed by atoms with Crippen LogP contribution in [0.4, 0.5) is 4.39 Å². The van der Waals surface area contributed by atoms with Gasteiger partial charge in [0.1, 0.15) is 5.82 Å². The highest BCUT2D eigenvalue weighted by Crippen LogP contribution is 2.41. The third-order valence-corrected chi connectivity index (χ3v) is 6.13. The molecule has 0 bridgehead atoms. The average Bonchev–Trinajstić information content (AvgIpc) is 3.45. The molecule has 2 fully saturated rings. The fourth-order valence-corrected chi connectivity index (χ4v) is 4.60. The number of thioether (sulfide) groups is 1. The Kier molecular flexibility index (Phi) is 5.84. The number of halogens is 1. The smallest absolute Gasteiger partial charge is 0.233 e. The van der Waals surface area contributed by atoms with Crippen molar-refractivity contribution >= 4 is 23.6 Å². The molecule has 1 atom stereocenters. The van der Waals surface area contributed by atoms with Crippen LogP contribution in [0, 0.1) is 5.82 Å². The SMILES string of the molecule is CC(=O)NC1CCCN(C(=O)CSc2nnc(-c3ccccc3F)n2C2CC2)C1. The molecule has 1 aliphatic carbocycles. The van der Waals surface area contributed by atoms with Gasteiger partial charge in [0.2, 0.25) is 11.8 Å². The minimum absolute atomic E-state index is 0.0120. The zero-order valence-electron chi connectivity index (χ0n) is 16.3. The predicted octanol–water partition coefficient (Wildman–Crippen LogP) is 2.64. The van der Waals surface area contributed by atoms with Crippen molar-refractivity contribution in [3.05, 3.63) is 30.1 Å². The summed E-state index contributed by atoms with van der Waals surface area (Å²) in [5.41, 5.74) is 0.430. The predicted molar refractivity (Wildman–Crippen MR) is 108 cm³/mol. The van der Waals surface area contributed by atoms with Crippen LogP contribution < -0.4 is 5.32 Å². The van der Waals surface area contributed by atoms with Crippen LogP contribution in [-0.2, 0) is 9.59 Å². The Morgan fingerprint density at radius 1 is 1.24 bits per heavy atom. The van der Waals surface area contributed by atoms with Gasteiger partial charge in [-0.05, 0) is 37.8 Å². The Labute approximate surface area is 173 Å². The van der Waals surface area contributed by atoms with E-state index in [1.165, 1.54) is 24.8 Å². The van der Waals surface area contributed by atoms with E-state index in [-0.39, 0.29) is 35.5 Å². The minimum Gasteiger partial charge on any atom is -0.352 e. The van der Waals surface area contributed by atoms with Gasteiger partial charge in [-0.3, -0.25) is 14.2 Å². The normalized spacial score (nSPS) is 19.2. The van der Waals surface area contributed by atoms with E-state index in [9.17, 15) is 14.0 Å². The van der Waals surface area contributed by atoms with Crippen LogP contribution >= 0.6 is 11.8 Å². The number of carbonyl (C=O) groups excluding carboxylic acids is 2. The molecule has 1 unspecified atom stereocenters. The van der Waals surface area contributed by atoms with Crippen LogP contribution in [0.3, 0.4) is 0 Å². The number of hydrogen-bond donors (Lipinski definition) is 1. The van der Waals surface area contributed by atoms with Crippen molar-refractivity contribution in [2.75, 3.05) is 18.8 Å². The van der Waals surface area contributed by atoms with Gasteiger partial charge in [0, 0.05) is 32.1 Å². The first-order chi connectivity index (χ1) is 14.0. The zero-order chi connectivity index (χ0) is 20.4. The Bertz CT molecular complexity index is 914. The van der Waals surface area contributed by atoms with Crippen molar-refractivity contribution in [1.29, 1.82) is 0 Å².